The van der Waals surface area contributed by atoms with E-state index in [9.17, 15) is 0 Å². The molecule has 0 saturated carbocycles. The molecule has 0 N–H and O–H groups in total. The third-order valence-corrected chi connectivity index (χ3v) is 9.48. The maximum Gasteiger partial charge on any atom is -0.0271 e. The maximum absolute atomic E-state index is 2.43. The van der Waals surface area contributed by atoms with Crippen LogP contribution in [0.25, 0.3) is 43.8 Å². The van der Waals surface area contributed by atoms with Crippen LogP contribution < -0.4 is 24.8 Å². The second-order valence-corrected chi connectivity index (χ2v) is 23.7. The van der Waals surface area contributed by atoms with E-state index in [1.54, 1.807) is 45.6 Å². The molecule has 0 atom stereocenters. The molecule has 0 bridgehead atoms. The van der Waals surface area contributed by atoms with Gasteiger partial charge in [-0.05, 0) is 77.3 Å². The molecule has 2 aliphatic carbocycles. The smallest absolute Gasteiger partial charge is 0.0271 e. The van der Waals surface area contributed by atoms with Crippen LogP contribution in [0.5, 0.6) is 0 Å². The van der Waals surface area contributed by atoms with Gasteiger partial charge in [-0.2, -0.15) is 12.1 Å². The van der Waals surface area contributed by atoms with E-state index in [1.165, 1.54) is 116 Å². The van der Waals surface area contributed by atoms with Crippen LogP contribution in [0, 0.1) is 41.5 Å². The Morgan fingerprint density at radius 3 is 1.17 bits per heavy atom. The fourth-order valence-electron chi connectivity index (χ4n) is 8.05. The van der Waals surface area contributed by atoms with Crippen molar-refractivity contribution in [3.8, 4) is 22.3 Å². The predicted molar refractivity (Wildman–Crippen MR) is 200 cm³/mol. The van der Waals surface area contributed by atoms with Gasteiger partial charge < -0.3 is 24.8 Å². The second-order valence-electron chi connectivity index (χ2n) is 14.3. The third-order valence-electron chi connectivity index (χ3n) is 9.48. The average molecular weight is 767 g/mol. The normalized spacial score (nSPS) is 12.7. The molecule has 4 heteroatoms. The van der Waals surface area contributed by atoms with Crippen LogP contribution in [0.4, 0.5) is 0 Å². The molecule has 0 unspecified atom stereocenters. The van der Waals surface area contributed by atoms with Crippen molar-refractivity contribution in [1.82, 2.24) is 0 Å². The Hall–Kier alpha value is -2.22. The van der Waals surface area contributed by atoms with Crippen LogP contribution in [0.2, 0.25) is 13.1 Å². The first-order valence-corrected chi connectivity index (χ1v) is 23.3. The molecule has 48 heavy (non-hydrogen) atoms. The van der Waals surface area contributed by atoms with Gasteiger partial charge in [0.1, 0.15) is 0 Å². The van der Waals surface area contributed by atoms with Crippen molar-refractivity contribution in [1.29, 1.82) is 0 Å². The zero-order chi connectivity index (χ0) is 32.7. The summed E-state index contributed by atoms with van der Waals surface area (Å²) in [7, 11) is 0. The Morgan fingerprint density at radius 2 is 0.833 bits per heavy atom. The quantitative estimate of drug-likeness (QED) is 0.148. The molecule has 6 aromatic rings. The SMILES string of the molecule is C[Si](C)=[Zr+2].Cc1cc(C)cc(-c2c3c(cc4[cH-]c(C)cc24)CCC3)c1.Cc1cc(C)cc(-c2c3c(cc4[cH-]c(C)cc24)CCC3)c1.[Cl-].[Cl-]. The summed E-state index contributed by atoms with van der Waals surface area (Å²) >= 11 is 1.74. The molecule has 6 aromatic carbocycles. The topological polar surface area (TPSA) is 0 Å². The summed E-state index contributed by atoms with van der Waals surface area (Å²) in [5, 5.41) is 5.72. The number of hydrogen-bond acceptors (Lipinski definition) is 0. The van der Waals surface area contributed by atoms with E-state index in [4.69, 9.17) is 0 Å². The molecule has 0 spiro atoms. The number of hydrogen-bond donors (Lipinski definition) is 0. The Labute approximate surface area is 316 Å². The van der Waals surface area contributed by atoms with Crippen molar-refractivity contribution in [3.05, 3.63) is 128 Å². The van der Waals surface area contributed by atoms with Crippen molar-refractivity contribution in [2.24, 2.45) is 0 Å². The van der Waals surface area contributed by atoms with Crippen molar-refractivity contribution in [2.75, 3.05) is 0 Å². The number of halogens is 2. The Balaban J connectivity index is 0.000000188. The largest absolute Gasteiger partial charge is 1.00 e. The van der Waals surface area contributed by atoms with E-state index in [1.807, 2.05) is 0 Å². The van der Waals surface area contributed by atoms with Crippen molar-refractivity contribution >= 4 is 27.0 Å². The summed E-state index contributed by atoms with van der Waals surface area (Å²) < 4.78 is 0. The minimum absolute atomic E-state index is 0. The molecule has 0 fully saturated rings. The van der Waals surface area contributed by atoms with Crippen LogP contribution in [0.3, 0.4) is 0 Å². The molecule has 0 aromatic heterocycles. The van der Waals surface area contributed by atoms with E-state index in [0.717, 1.165) is 0 Å². The van der Waals surface area contributed by atoms with E-state index < -0.39 is 0 Å². The van der Waals surface area contributed by atoms with Gasteiger partial charge in [0, 0.05) is 0 Å². The minimum atomic E-state index is 0. The van der Waals surface area contributed by atoms with Crippen molar-refractivity contribution < 1.29 is 48.1 Å². The number of benzene rings is 4. The molecule has 0 saturated heterocycles. The van der Waals surface area contributed by atoms with Gasteiger partial charge in [0.05, 0.1) is 0 Å². The Morgan fingerprint density at radius 1 is 0.500 bits per heavy atom. The summed E-state index contributed by atoms with van der Waals surface area (Å²) in [4.78, 5) is 0. The van der Waals surface area contributed by atoms with E-state index in [2.05, 4.69) is 127 Å². The number of fused-ring (bicyclic) bond motifs is 4. The molecule has 2 aliphatic rings. The van der Waals surface area contributed by atoms with Crippen LogP contribution in [-0.2, 0) is 49.0 Å². The summed E-state index contributed by atoms with van der Waals surface area (Å²) in [6.45, 7) is 17.8. The van der Waals surface area contributed by atoms with Gasteiger partial charge in [-0.1, -0.05) is 106 Å². The molecule has 8 rings (SSSR count). The Kier molecular flexibility index (Phi) is 13.0. The second kappa shape index (κ2) is 16.2. The van der Waals surface area contributed by atoms with Gasteiger partial charge >= 0.3 is 41.9 Å². The molecule has 0 nitrogen and oxygen atoms in total. The Bertz CT molecular complexity index is 1920. The first kappa shape index (κ1) is 38.6. The van der Waals surface area contributed by atoms with Gasteiger partial charge in [-0.25, -0.2) is 0 Å². The van der Waals surface area contributed by atoms with E-state index in [0.29, 0.717) is 0 Å². The predicted octanol–water partition coefficient (Wildman–Crippen LogP) is 6.07. The number of rotatable bonds is 2. The van der Waals surface area contributed by atoms with Gasteiger partial charge in [-0.15, -0.1) is 56.9 Å². The van der Waals surface area contributed by atoms with Gasteiger partial charge in [-0.3, -0.25) is 0 Å². The van der Waals surface area contributed by atoms with Crippen LogP contribution in [0.15, 0.2) is 72.8 Å². The van der Waals surface area contributed by atoms with Crippen LogP contribution in [0.1, 0.15) is 68.5 Å². The fourth-order valence-corrected chi connectivity index (χ4v) is 8.05. The molecule has 0 amide bonds. The average Bonchev–Trinajstić information content (AvgIpc) is 3.75. The monoisotopic (exact) mass is 764 g/mol. The molecule has 0 radical (unpaired) electrons. The molecule has 248 valence electrons. The van der Waals surface area contributed by atoms with Gasteiger partial charge in [0.25, 0.3) is 0 Å². The molecular weight excluding hydrogens is 719 g/mol. The van der Waals surface area contributed by atoms with Gasteiger partial charge in [0.2, 0.25) is 0 Å². The van der Waals surface area contributed by atoms with Gasteiger partial charge in [0.15, 0.2) is 0 Å². The maximum atomic E-state index is 2.43. The summed E-state index contributed by atoms with van der Waals surface area (Å²) in [6.07, 6.45) is 7.56. The fraction of sp³-hybridized carbons (Fsp3) is 0.318. The first-order valence-electron chi connectivity index (χ1n) is 17.1. The van der Waals surface area contributed by atoms with Crippen LogP contribution >= 0.6 is 0 Å². The summed E-state index contributed by atoms with van der Waals surface area (Å²) in [5.74, 6) is 0. The summed E-state index contributed by atoms with van der Waals surface area (Å²) in [6, 6.07) is 28.2. The third kappa shape index (κ3) is 8.38. The summed E-state index contributed by atoms with van der Waals surface area (Å²) in [5.41, 5.74) is 20.5. The standard InChI is InChI=1S/2C21H21.C2H6Si.2ClH.Zr/c2*1-13-7-14(2)10-18(9-13)21-19-6-4-5-16(19)12-17-8-15(3)11-20(17)21;1-3-2;;;/h2*7-12H,4-6H2,1-3H3;1-2H3;2*1H;/q2*-1;;;;+2/p-2. The molecule has 0 aliphatic heterocycles. The first-order chi connectivity index (χ1) is 22.0. The van der Waals surface area contributed by atoms with Crippen molar-refractivity contribution in [2.45, 2.75) is 93.2 Å². The van der Waals surface area contributed by atoms with Crippen LogP contribution in [-0.4, -0.2) is 5.43 Å². The van der Waals surface area contributed by atoms with E-state index in [-0.39, 0.29) is 30.2 Å². The zero-order valence-corrected chi connectivity index (χ0v) is 34.9. The zero-order valence-electron chi connectivity index (χ0n) is 29.9. The van der Waals surface area contributed by atoms with Crippen molar-refractivity contribution in [3.63, 3.8) is 0 Å². The number of aryl methyl sites for hydroxylation is 8. The molecule has 0 heterocycles. The molecular formula is C44H48Cl2SiZr-2. The van der Waals surface area contributed by atoms with E-state index >= 15 is 0 Å². The minimum Gasteiger partial charge on any atom is -1.00 e.